The van der Waals surface area contributed by atoms with Crippen LogP contribution in [0.5, 0.6) is 5.75 Å². The van der Waals surface area contributed by atoms with Crippen molar-refractivity contribution in [3.63, 3.8) is 0 Å². The van der Waals surface area contributed by atoms with E-state index in [1.807, 2.05) is 43.3 Å². The van der Waals surface area contributed by atoms with Gasteiger partial charge >= 0.3 is 0 Å². The Hall–Kier alpha value is -2.47. The fraction of sp³-hybridized carbons (Fsp3) is 0.235. The van der Waals surface area contributed by atoms with E-state index < -0.39 is 0 Å². The molecule has 3 heteroatoms. The molecule has 20 heavy (non-hydrogen) atoms. The SMILES string of the molecule is COc1cccc(CCNc2ccc(C)cc2C#N)c1. The first-order chi connectivity index (χ1) is 9.72. The van der Waals surface area contributed by atoms with E-state index in [0.29, 0.717) is 5.56 Å². The Balaban J connectivity index is 1.98. The highest BCUT2D eigenvalue weighted by Crippen LogP contribution is 2.17. The summed E-state index contributed by atoms with van der Waals surface area (Å²) in [4.78, 5) is 0. The average Bonchev–Trinajstić information content (AvgIpc) is 2.49. The Kier molecular flexibility index (Phi) is 4.62. The highest BCUT2D eigenvalue weighted by atomic mass is 16.5. The Labute approximate surface area is 119 Å². The average molecular weight is 266 g/mol. The van der Waals surface area contributed by atoms with Crippen molar-refractivity contribution in [1.29, 1.82) is 5.26 Å². The Morgan fingerprint density at radius 1 is 1.20 bits per heavy atom. The summed E-state index contributed by atoms with van der Waals surface area (Å²) in [7, 11) is 1.67. The van der Waals surface area contributed by atoms with Crippen LogP contribution >= 0.6 is 0 Å². The van der Waals surface area contributed by atoms with E-state index in [0.717, 1.165) is 30.0 Å². The van der Waals surface area contributed by atoms with Gasteiger partial charge in [0.15, 0.2) is 0 Å². The van der Waals surface area contributed by atoms with E-state index in [2.05, 4.69) is 17.5 Å². The molecule has 2 rings (SSSR count). The number of methoxy groups -OCH3 is 1. The molecule has 102 valence electrons. The monoisotopic (exact) mass is 266 g/mol. The molecular formula is C17H18N2O. The van der Waals surface area contributed by atoms with E-state index in [9.17, 15) is 0 Å². The lowest BCUT2D eigenvalue weighted by molar-refractivity contribution is 0.414. The standard InChI is InChI=1S/C17H18N2O/c1-13-6-7-17(15(10-13)12-18)19-9-8-14-4-3-5-16(11-14)20-2/h3-7,10-11,19H,8-9H2,1-2H3. The van der Waals surface area contributed by atoms with Crippen LogP contribution in [-0.4, -0.2) is 13.7 Å². The van der Waals surface area contributed by atoms with Gasteiger partial charge in [-0.3, -0.25) is 0 Å². The quantitative estimate of drug-likeness (QED) is 0.900. The second-order valence-corrected chi connectivity index (χ2v) is 4.69. The third kappa shape index (κ3) is 3.52. The molecule has 0 aromatic heterocycles. The molecule has 0 aliphatic heterocycles. The summed E-state index contributed by atoms with van der Waals surface area (Å²) in [5.41, 5.74) is 3.89. The summed E-state index contributed by atoms with van der Waals surface area (Å²) in [6.07, 6.45) is 0.885. The lowest BCUT2D eigenvalue weighted by atomic mass is 10.1. The maximum Gasteiger partial charge on any atom is 0.119 e. The van der Waals surface area contributed by atoms with Crippen LogP contribution in [0.15, 0.2) is 42.5 Å². The number of nitrogens with one attached hydrogen (secondary N) is 1. The normalized spacial score (nSPS) is 9.85. The van der Waals surface area contributed by atoms with Crippen LogP contribution in [0.1, 0.15) is 16.7 Å². The molecule has 3 nitrogen and oxygen atoms in total. The predicted molar refractivity (Wildman–Crippen MR) is 81.1 cm³/mol. The summed E-state index contributed by atoms with van der Waals surface area (Å²) in [5.74, 6) is 0.871. The van der Waals surface area contributed by atoms with Crippen molar-refractivity contribution >= 4 is 5.69 Å². The van der Waals surface area contributed by atoms with Crippen molar-refractivity contribution in [1.82, 2.24) is 0 Å². The first kappa shape index (κ1) is 14.0. The third-order valence-corrected chi connectivity index (χ3v) is 3.16. The van der Waals surface area contributed by atoms with E-state index in [4.69, 9.17) is 10.00 Å². The van der Waals surface area contributed by atoms with Crippen molar-refractivity contribution in [2.75, 3.05) is 19.0 Å². The number of rotatable bonds is 5. The lowest BCUT2D eigenvalue weighted by Crippen LogP contribution is -2.06. The summed E-state index contributed by atoms with van der Waals surface area (Å²) in [5, 5.41) is 12.4. The Morgan fingerprint density at radius 3 is 2.80 bits per heavy atom. The molecule has 0 saturated heterocycles. The molecule has 1 N–H and O–H groups in total. The van der Waals surface area contributed by atoms with Crippen LogP contribution in [0.4, 0.5) is 5.69 Å². The molecule has 0 unspecified atom stereocenters. The van der Waals surface area contributed by atoms with Gasteiger partial charge in [-0.05, 0) is 48.7 Å². The van der Waals surface area contributed by atoms with Gasteiger partial charge in [0.05, 0.1) is 18.4 Å². The maximum atomic E-state index is 9.12. The number of nitrogens with zero attached hydrogens (tertiary/aromatic N) is 1. The van der Waals surface area contributed by atoms with Crippen LogP contribution in [-0.2, 0) is 6.42 Å². The number of hydrogen-bond acceptors (Lipinski definition) is 3. The zero-order valence-corrected chi connectivity index (χ0v) is 11.8. The summed E-state index contributed by atoms with van der Waals surface area (Å²) < 4.78 is 5.21. The van der Waals surface area contributed by atoms with Crippen molar-refractivity contribution < 1.29 is 4.74 Å². The third-order valence-electron chi connectivity index (χ3n) is 3.16. The van der Waals surface area contributed by atoms with Gasteiger partial charge in [-0.25, -0.2) is 0 Å². The minimum Gasteiger partial charge on any atom is -0.497 e. The second kappa shape index (κ2) is 6.63. The number of anilines is 1. The van der Waals surface area contributed by atoms with E-state index >= 15 is 0 Å². The fourth-order valence-electron chi connectivity index (χ4n) is 2.07. The Morgan fingerprint density at radius 2 is 2.05 bits per heavy atom. The first-order valence-electron chi connectivity index (χ1n) is 6.60. The van der Waals surface area contributed by atoms with Crippen LogP contribution in [0.25, 0.3) is 0 Å². The number of hydrogen-bond donors (Lipinski definition) is 1. The van der Waals surface area contributed by atoms with E-state index in [1.54, 1.807) is 7.11 Å². The molecule has 0 spiro atoms. The van der Waals surface area contributed by atoms with Crippen molar-refractivity contribution in [2.24, 2.45) is 0 Å². The minimum atomic E-state index is 0.690. The number of benzene rings is 2. The van der Waals surface area contributed by atoms with Gasteiger partial charge in [-0.1, -0.05) is 18.2 Å². The van der Waals surface area contributed by atoms with Gasteiger partial charge in [0.1, 0.15) is 11.8 Å². The Bertz CT molecular complexity index is 629. The van der Waals surface area contributed by atoms with Gasteiger partial charge in [0, 0.05) is 6.54 Å². The van der Waals surface area contributed by atoms with E-state index in [1.165, 1.54) is 5.56 Å². The summed E-state index contributed by atoms with van der Waals surface area (Å²) >= 11 is 0. The van der Waals surface area contributed by atoms with Crippen molar-refractivity contribution in [3.8, 4) is 11.8 Å². The van der Waals surface area contributed by atoms with Gasteiger partial charge in [0.2, 0.25) is 0 Å². The van der Waals surface area contributed by atoms with E-state index in [-0.39, 0.29) is 0 Å². The van der Waals surface area contributed by atoms with Gasteiger partial charge in [-0.2, -0.15) is 5.26 Å². The zero-order chi connectivity index (χ0) is 14.4. The van der Waals surface area contributed by atoms with Crippen LogP contribution in [0, 0.1) is 18.3 Å². The highest BCUT2D eigenvalue weighted by Gasteiger charge is 2.02. The maximum absolute atomic E-state index is 9.12. The molecule has 0 atom stereocenters. The lowest BCUT2D eigenvalue weighted by Gasteiger charge is -2.09. The summed E-state index contributed by atoms with van der Waals surface area (Å²) in [6, 6.07) is 16.1. The fourth-order valence-corrected chi connectivity index (χ4v) is 2.07. The molecule has 2 aromatic rings. The zero-order valence-electron chi connectivity index (χ0n) is 11.8. The largest absolute Gasteiger partial charge is 0.497 e. The van der Waals surface area contributed by atoms with Crippen LogP contribution in [0.2, 0.25) is 0 Å². The second-order valence-electron chi connectivity index (χ2n) is 4.69. The van der Waals surface area contributed by atoms with Crippen molar-refractivity contribution in [3.05, 3.63) is 59.2 Å². The molecule has 0 aliphatic rings. The summed E-state index contributed by atoms with van der Waals surface area (Å²) in [6.45, 7) is 2.77. The number of nitriles is 1. The van der Waals surface area contributed by atoms with Crippen LogP contribution in [0.3, 0.4) is 0 Å². The van der Waals surface area contributed by atoms with Crippen LogP contribution < -0.4 is 10.1 Å². The highest BCUT2D eigenvalue weighted by molar-refractivity contribution is 5.58. The van der Waals surface area contributed by atoms with Crippen molar-refractivity contribution in [2.45, 2.75) is 13.3 Å². The van der Waals surface area contributed by atoms with Gasteiger partial charge in [-0.15, -0.1) is 0 Å². The predicted octanol–water partition coefficient (Wildman–Crippen LogP) is 3.53. The smallest absolute Gasteiger partial charge is 0.119 e. The molecular weight excluding hydrogens is 248 g/mol. The molecule has 0 amide bonds. The number of aryl methyl sites for hydroxylation is 1. The minimum absolute atomic E-state index is 0.690. The van der Waals surface area contributed by atoms with Gasteiger partial charge < -0.3 is 10.1 Å². The molecule has 0 heterocycles. The topological polar surface area (TPSA) is 45.0 Å². The molecule has 0 bridgehead atoms. The molecule has 0 saturated carbocycles. The molecule has 2 aromatic carbocycles. The molecule has 0 aliphatic carbocycles. The van der Waals surface area contributed by atoms with Gasteiger partial charge in [0.25, 0.3) is 0 Å². The number of ether oxygens (including phenoxy) is 1. The molecule has 0 fully saturated rings. The molecule has 0 radical (unpaired) electrons. The first-order valence-corrected chi connectivity index (χ1v) is 6.60.